The monoisotopic (exact) mass is 280 g/mol. The van der Waals surface area contributed by atoms with Gasteiger partial charge in [-0.1, -0.05) is 13.0 Å². The van der Waals surface area contributed by atoms with Crippen molar-refractivity contribution in [3.63, 3.8) is 0 Å². The first-order chi connectivity index (χ1) is 9.41. The zero-order valence-corrected chi connectivity index (χ0v) is 11.9. The molecular formula is C15H21FN2O2. The number of para-hydroxylation sites is 1. The Hall–Kier alpha value is -1.62. The van der Waals surface area contributed by atoms with E-state index in [0.717, 1.165) is 25.9 Å². The minimum Gasteiger partial charge on any atom is -0.478 e. The minimum absolute atomic E-state index is 0.0125. The maximum Gasteiger partial charge on any atom is 0.337 e. The van der Waals surface area contributed by atoms with Crippen LogP contribution in [-0.2, 0) is 0 Å². The SMILES string of the molecule is CN1CCC(C)(CNc2c(F)cccc2C(=O)O)CC1. The van der Waals surface area contributed by atoms with Crippen molar-refractivity contribution in [3.8, 4) is 0 Å². The van der Waals surface area contributed by atoms with Crippen LogP contribution in [0.2, 0.25) is 0 Å². The van der Waals surface area contributed by atoms with Gasteiger partial charge in [-0.2, -0.15) is 0 Å². The van der Waals surface area contributed by atoms with Gasteiger partial charge in [0.05, 0.1) is 11.3 Å². The van der Waals surface area contributed by atoms with Crippen LogP contribution >= 0.6 is 0 Å². The first-order valence-corrected chi connectivity index (χ1v) is 6.85. The number of aromatic carboxylic acids is 1. The molecule has 0 unspecified atom stereocenters. The Morgan fingerprint density at radius 3 is 2.70 bits per heavy atom. The number of benzene rings is 1. The molecule has 0 spiro atoms. The second-order valence-electron chi connectivity index (χ2n) is 5.94. The molecule has 1 aliphatic heterocycles. The molecule has 1 aliphatic rings. The van der Waals surface area contributed by atoms with E-state index in [1.54, 1.807) is 0 Å². The number of halogens is 1. The summed E-state index contributed by atoms with van der Waals surface area (Å²) >= 11 is 0. The lowest BCUT2D eigenvalue weighted by molar-refractivity contribution is 0.0697. The largest absolute Gasteiger partial charge is 0.478 e. The number of carbonyl (C=O) groups is 1. The number of likely N-dealkylation sites (tertiary alicyclic amines) is 1. The maximum atomic E-state index is 13.8. The van der Waals surface area contributed by atoms with Crippen molar-refractivity contribution >= 4 is 11.7 Å². The molecule has 2 N–H and O–H groups in total. The van der Waals surface area contributed by atoms with Gasteiger partial charge in [0.15, 0.2) is 0 Å². The fourth-order valence-electron chi connectivity index (χ4n) is 2.52. The highest BCUT2D eigenvalue weighted by atomic mass is 19.1. The van der Waals surface area contributed by atoms with Crippen LogP contribution in [0, 0.1) is 11.2 Å². The molecule has 0 aromatic heterocycles. The summed E-state index contributed by atoms with van der Waals surface area (Å²) in [6, 6.07) is 4.12. The van der Waals surface area contributed by atoms with Crippen LogP contribution in [0.1, 0.15) is 30.1 Å². The van der Waals surface area contributed by atoms with E-state index in [-0.39, 0.29) is 16.7 Å². The number of hydrogen-bond donors (Lipinski definition) is 2. The van der Waals surface area contributed by atoms with Gasteiger partial charge in [0.1, 0.15) is 5.82 Å². The molecule has 1 fully saturated rings. The van der Waals surface area contributed by atoms with Crippen molar-refractivity contribution in [2.45, 2.75) is 19.8 Å². The summed E-state index contributed by atoms with van der Waals surface area (Å²) < 4.78 is 13.8. The summed E-state index contributed by atoms with van der Waals surface area (Å²) in [5.41, 5.74) is 0.159. The molecule has 0 radical (unpaired) electrons. The lowest BCUT2D eigenvalue weighted by Crippen LogP contribution is -2.40. The lowest BCUT2D eigenvalue weighted by Gasteiger charge is -2.38. The van der Waals surface area contributed by atoms with E-state index in [4.69, 9.17) is 5.11 Å². The molecule has 0 bridgehead atoms. The van der Waals surface area contributed by atoms with E-state index >= 15 is 0 Å². The predicted molar refractivity (Wildman–Crippen MR) is 76.7 cm³/mol. The van der Waals surface area contributed by atoms with Gasteiger partial charge >= 0.3 is 5.97 Å². The fraction of sp³-hybridized carbons (Fsp3) is 0.533. The summed E-state index contributed by atoms with van der Waals surface area (Å²) in [5.74, 6) is -1.62. The van der Waals surface area contributed by atoms with Gasteiger partial charge in [0.2, 0.25) is 0 Å². The zero-order chi connectivity index (χ0) is 14.8. The van der Waals surface area contributed by atoms with E-state index in [1.807, 2.05) is 0 Å². The number of piperidine rings is 1. The molecule has 5 heteroatoms. The van der Waals surface area contributed by atoms with Crippen molar-refractivity contribution in [1.82, 2.24) is 4.90 Å². The Morgan fingerprint density at radius 2 is 2.10 bits per heavy atom. The number of nitrogens with one attached hydrogen (secondary N) is 1. The molecule has 0 aliphatic carbocycles. The van der Waals surface area contributed by atoms with Crippen LogP contribution in [0.15, 0.2) is 18.2 Å². The van der Waals surface area contributed by atoms with E-state index in [9.17, 15) is 9.18 Å². The van der Waals surface area contributed by atoms with Crippen LogP contribution in [0.3, 0.4) is 0 Å². The molecule has 4 nitrogen and oxygen atoms in total. The number of hydrogen-bond acceptors (Lipinski definition) is 3. The van der Waals surface area contributed by atoms with Crippen molar-refractivity contribution in [3.05, 3.63) is 29.6 Å². The van der Waals surface area contributed by atoms with Crippen LogP contribution in [0.5, 0.6) is 0 Å². The molecule has 0 atom stereocenters. The minimum atomic E-state index is -1.11. The highest BCUT2D eigenvalue weighted by molar-refractivity contribution is 5.94. The Kier molecular flexibility index (Phi) is 4.28. The first-order valence-electron chi connectivity index (χ1n) is 6.85. The summed E-state index contributed by atoms with van der Waals surface area (Å²) in [6.45, 7) is 4.78. The molecule has 2 rings (SSSR count). The van der Waals surface area contributed by atoms with Crippen LogP contribution in [-0.4, -0.2) is 42.7 Å². The third-order valence-corrected chi connectivity index (χ3v) is 4.13. The van der Waals surface area contributed by atoms with Gasteiger partial charge in [-0.25, -0.2) is 9.18 Å². The molecule has 0 amide bonds. The van der Waals surface area contributed by atoms with Crippen molar-refractivity contribution in [2.75, 3.05) is 32.0 Å². The first kappa shape index (κ1) is 14.8. The Balaban J connectivity index is 2.09. The van der Waals surface area contributed by atoms with E-state index in [2.05, 4.69) is 24.2 Å². The Labute approximate surface area is 118 Å². The molecule has 110 valence electrons. The lowest BCUT2D eigenvalue weighted by atomic mass is 9.80. The number of carboxylic acid groups (broad SMARTS) is 1. The summed E-state index contributed by atoms with van der Waals surface area (Å²) in [7, 11) is 2.09. The third kappa shape index (κ3) is 3.28. The van der Waals surface area contributed by atoms with Crippen LogP contribution < -0.4 is 5.32 Å². The normalized spacial score (nSPS) is 18.8. The fourth-order valence-corrected chi connectivity index (χ4v) is 2.52. The van der Waals surface area contributed by atoms with Gasteiger partial charge in [-0.15, -0.1) is 0 Å². The van der Waals surface area contributed by atoms with Gasteiger partial charge in [-0.3, -0.25) is 0 Å². The standard InChI is InChI=1S/C15H21FN2O2/c1-15(6-8-18(2)9-7-15)10-17-13-11(14(19)20)4-3-5-12(13)16/h3-5,17H,6-10H2,1-2H3,(H,19,20). The average molecular weight is 280 g/mol. The van der Waals surface area contributed by atoms with E-state index in [1.165, 1.54) is 18.2 Å². The number of anilines is 1. The summed E-state index contributed by atoms with van der Waals surface area (Å²) in [5, 5.41) is 12.1. The smallest absolute Gasteiger partial charge is 0.337 e. The molecule has 0 saturated carbocycles. The quantitative estimate of drug-likeness (QED) is 0.890. The van der Waals surface area contributed by atoms with Gasteiger partial charge in [0.25, 0.3) is 0 Å². The third-order valence-electron chi connectivity index (χ3n) is 4.13. The van der Waals surface area contributed by atoms with Crippen molar-refractivity contribution in [2.24, 2.45) is 5.41 Å². The molecule has 1 aromatic carbocycles. The van der Waals surface area contributed by atoms with Crippen LogP contribution in [0.4, 0.5) is 10.1 Å². The van der Waals surface area contributed by atoms with E-state index in [0.29, 0.717) is 6.54 Å². The highest BCUT2D eigenvalue weighted by Crippen LogP contribution is 2.31. The van der Waals surface area contributed by atoms with Crippen molar-refractivity contribution in [1.29, 1.82) is 0 Å². The molecule has 1 aromatic rings. The molecule has 1 heterocycles. The van der Waals surface area contributed by atoms with Crippen molar-refractivity contribution < 1.29 is 14.3 Å². The topological polar surface area (TPSA) is 52.6 Å². The Morgan fingerprint density at radius 1 is 1.45 bits per heavy atom. The highest BCUT2D eigenvalue weighted by Gasteiger charge is 2.29. The van der Waals surface area contributed by atoms with Gasteiger partial charge < -0.3 is 15.3 Å². The number of carboxylic acids is 1. The number of nitrogens with zero attached hydrogens (tertiary/aromatic N) is 1. The average Bonchev–Trinajstić information content (AvgIpc) is 2.41. The summed E-state index contributed by atoms with van der Waals surface area (Å²) in [6.07, 6.45) is 2.04. The Bertz CT molecular complexity index is 497. The van der Waals surface area contributed by atoms with E-state index < -0.39 is 11.8 Å². The molecule has 1 saturated heterocycles. The molecular weight excluding hydrogens is 259 g/mol. The zero-order valence-electron chi connectivity index (χ0n) is 11.9. The maximum absolute atomic E-state index is 13.8. The van der Waals surface area contributed by atoms with Gasteiger partial charge in [-0.05, 0) is 50.5 Å². The second-order valence-corrected chi connectivity index (χ2v) is 5.94. The number of rotatable bonds is 4. The van der Waals surface area contributed by atoms with Gasteiger partial charge in [0, 0.05) is 6.54 Å². The predicted octanol–water partition coefficient (Wildman–Crippen LogP) is 2.67. The van der Waals surface area contributed by atoms with Crippen LogP contribution in [0.25, 0.3) is 0 Å². The second kappa shape index (κ2) is 5.79. The summed E-state index contributed by atoms with van der Waals surface area (Å²) in [4.78, 5) is 13.4. The molecule has 20 heavy (non-hydrogen) atoms.